The van der Waals surface area contributed by atoms with Gasteiger partial charge in [-0.1, -0.05) is 0 Å². The molecule has 0 radical (unpaired) electrons. The van der Waals surface area contributed by atoms with Crippen LogP contribution in [0.4, 0.5) is 5.95 Å². The molecule has 1 atom stereocenters. The fourth-order valence-electron chi connectivity index (χ4n) is 1.55. The lowest BCUT2D eigenvalue weighted by atomic mass is 10.3. The number of hydrogen-bond acceptors (Lipinski definition) is 5. The summed E-state index contributed by atoms with van der Waals surface area (Å²) in [7, 11) is 0. The quantitative estimate of drug-likeness (QED) is 0.681. The third-order valence-electron chi connectivity index (χ3n) is 2.59. The van der Waals surface area contributed by atoms with Crippen LogP contribution in [0.5, 0.6) is 0 Å². The van der Waals surface area contributed by atoms with Crippen LogP contribution in [0, 0.1) is 13.8 Å². The molecule has 1 aliphatic heterocycles. The van der Waals surface area contributed by atoms with Crippen molar-refractivity contribution in [3.8, 4) is 0 Å². The number of hydrogen-bond donors (Lipinski definition) is 1. The molecule has 2 N–H and O–H groups in total. The van der Waals surface area contributed by atoms with Gasteiger partial charge in [-0.05, 0) is 20.3 Å². The summed E-state index contributed by atoms with van der Waals surface area (Å²) < 4.78 is 0. The van der Waals surface area contributed by atoms with Crippen LogP contribution in [-0.4, -0.2) is 34.3 Å². The Bertz CT molecular complexity index is 338. The molecule has 0 aliphatic carbocycles. The Kier molecular flexibility index (Phi) is 2.33. The summed E-state index contributed by atoms with van der Waals surface area (Å²) in [5, 5.41) is 8.12. The second kappa shape index (κ2) is 3.49. The van der Waals surface area contributed by atoms with Gasteiger partial charge >= 0.3 is 0 Å². The van der Waals surface area contributed by atoms with Crippen molar-refractivity contribution in [3.63, 3.8) is 0 Å². The van der Waals surface area contributed by atoms with Crippen LogP contribution in [0.1, 0.15) is 17.8 Å². The Morgan fingerprint density at radius 3 is 2.64 bits per heavy atom. The van der Waals surface area contributed by atoms with Crippen molar-refractivity contribution in [1.82, 2.24) is 15.2 Å². The fraction of sp³-hybridized carbons (Fsp3) is 0.667. The topological polar surface area (TPSA) is 67.9 Å². The van der Waals surface area contributed by atoms with E-state index in [0.29, 0.717) is 5.95 Å². The molecule has 1 saturated heterocycles. The lowest BCUT2D eigenvalue weighted by Crippen LogP contribution is -2.28. The van der Waals surface area contributed by atoms with E-state index in [1.807, 2.05) is 13.8 Å². The number of rotatable bonds is 1. The first-order valence-corrected chi connectivity index (χ1v) is 4.85. The van der Waals surface area contributed by atoms with Gasteiger partial charge in [0.2, 0.25) is 5.95 Å². The maximum atomic E-state index is 5.81. The zero-order valence-corrected chi connectivity index (χ0v) is 8.56. The molecule has 1 aliphatic rings. The van der Waals surface area contributed by atoms with Crippen molar-refractivity contribution in [2.24, 2.45) is 5.73 Å². The van der Waals surface area contributed by atoms with Crippen molar-refractivity contribution in [2.75, 3.05) is 18.0 Å². The summed E-state index contributed by atoms with van der Waals surface area (Å²) in [6, 6.07) is 0.250. The molecule has 0 aromatic carbocycles. The van der Waals surface area contributed by atoms with Crippen LogP contribution in [0.2, 0.25) is 0 Å². The molecule has 2 rings (SSSR count). The molecular weight excluding hydrogens is 178 g/mol. The maximum Gasteiger partial charge on any atom is 0.245 e. The van der Waals surface area contributed by atoms with E-state index < -0.39 is 0 Å². The molecule has 5 heteroatoms. The third kappa shape index (κ3) is 1.68. The van der Waals surface area contributed by atoms with E-state index in [-0.39, 0.29) is 6.04 Å². The lowest BCUT2D eigenvalue weighted by molar-refractivity contribution is 0.747. The van der Waals surface area contributed by atoms with Gasteiger partial charge in [-0.15, -0.1) is 5.10 Å². The molecule has 0 spiro atoms. The summed E-state index contributed by atoms with van der Waals surface area (Å²) in [4.78, 5) is 6.47. The van der Waals surface area contributed by atoms with Gasteiger partial charge < -0.3 is 10.6 Å². The lowest BCUT2D eigenvalue weighted by Gasteiger charge is -2.15. The summed E-state index contributed by atoms with van der Waals surface area (Å²) in [5.74, 6) is 0.709. The second-order valence-corrected chi connectivity index (χ2v) is 3.78. The van der Waals surface area contributed by atoms with Crippen molar-refractivity contribution >= 4 is 5.95 Å². The van der Waals surface area contributed by atoms with Crippen LogP contribution in [0.3, 0.4) is 0 Å². The smallest absolute Gasteiger partial charge is 0.245 e. The zero-order valence-electron chi connectivity index (χ0n) is 8.56. The van der Waals surface area contributed by atoms with Gasteiger partial charge in [-0.2, -0.15) is 5.10 Å². The average molecular weight is 193 g/mol. The molecule has 14 heavy (non-hydrogen) atoms. The van der Waals surface area contributed by atoms with E-state index in [9.17, 15) is 0 Å². The van der Waals surface area contributed by atoms with Gasteiger partial charge in [0.05, 0.1) is 11.4 Å². The highest BCUT2D eigenvalue weighted by molar-refractivity contribution is 5.31. The van der Waals surface area contributed by atoms with Gasteiger partial charge in [0.25, 0.3) is 0 Å². The number of anilines is 1. The predicted molar refractivity (Wildman–Crippen MR) is 54.1 cm³/mol. The molecule has 1 fully saturated rings. The third-order valence-corrected chi connectivity index (χ3v) is 2.59. The Balaban J connectivity index is 2.20. The standard InChI is InChI=1S/C9H15N5/c1-6-7(2)12-13-9(11-6)14-4-3-8(10)5-14/h8H,3-5,10H2,1-2H3. The van der Waals surface area contributed by atoms with E-state index in [1.165, 1.54) is 0 Å². The van der Waals surface area contributed by atoms with Crippen LogP contribution >= 0.6 is 0 Å². The Hall–Kier alpha value is -1.23. The van der Waals surface area contributed by atoms with Gasteiger partial charge in [0.1, 0.15) is 0 Å². The van der Waals surface area contributed by atoms with Crippen LogP contribution in [0.25, 0.3) is 0 Å². The van der Waals surface area contributed by atoms with Crippen molar-refractivity contribution in [1.29, 1.82) is 0 Å². The summed E-state index contributed by atoms with van der Waals surface area (Å²) in [6.07, 6.45) is 1.01. The van der Waals surface area contributed by atoms with Crippen molar-refractivity contribution < 1.29 is 0 Å². The molecule has 1 aromatic rings. The number of aromatic nitrogens is 3. The van der Waals surface area contributed by atoms with Crippen LogP contribution in [-0.2, 0) is 0 Å². The molecule has 2 heterocycles. The van der Waals surface area contributed by atoms with E-state index >= 15 is 0 Å². The van der Waals surface area contributed by atoms with Crippen molar-refractivity contribution in [2.45, 2.75) is 26.3 Å². The van der Waals surface area contributed by atoms with E-state index in [4.69, 9.17) is 5.73 Å². The van der Waals surface area contributed by atoms with Crippen LogP contribution in [0.15, 0.2) is 0 Å². The Morgan fingerprint density at radius 2 is 2.07 bits per heavy atom. The SMILES string of the molecule is Cc1nnc(N2CCC(N)C2)nc1C. The Morgan fingerprint density at radius 1 is 1.29 bits per heavy atom. The molecular formula is C9H15N5. The molecule has 0 bridgehead atoms. The Labute approximate surface area is 83.3 Å². The molecule has 1 unspecified atom stereocenters. The molecule has 76 valence electrons. The fourth-order valence-corrected chi connectivity index (χ4v) is 1.55. The van der Waals surface area contributed by atoms with Gasteiger partial charge in [0, 0.05) is 19.1 Å². The first-order valence-electron chi connectivity index (χ1n) is 4.85. The zero-order chi connectivity index (χ0) is 10.1. The van der Waals surface area contributed by atoms with Gasteiger partial charge in [-0.25, -0.2) is 4.98 Å². The molecule has 1 aromatic heterocycles. The molecule has 5 nitrogen and oxygen atoms in total. The largest absolute Gasteiger partial charge is 0.338 e. The van der Waals surface area contributed by atoms with Gasteiger partial charge in [-0.3, -0.25) is 0 Å². The highest BCUT2D eigenvalue weighted by Gasteiger charge is 2.21. The molecule has 0 amide bonds. The first-order chi connectivity index (χ1) is 6.66. The minimum absolute atomic E-state index is 0.250. The second-order valence-electron chi connectivity index (χ2n) is 3.78. The minimum Gasteiger partial charge on any atom is -0.338 e. The van der Waals surface area contributed by atoms with Gasteiger partial charge in [0.15, 0.2) is 0 Å². The highest BCUT2D eigenvalue weighted by atomic mass is 15.3. The summed E-state index contributed by atoms with van der Waals surface area (Å²) in [5.41, 5.74) is 7.64. The van der Waals surface area contributed by atoms with Crippen molar-refractivity contribution in [3.05, 3.63) is 11.4 Å². The van der Waals surface area contributed by atoms with Crippen LogP contribution < -0.4 is 10.6 Å². The predicted octanol–water partition coefficient (Wildman–Crippen LogP) is 0.0258. The maximum absolute atomic E-state index is 5.81. The van der Waals surface area contributed by atoms with E-state index in [2.05, 4.69) is 20.1 Å². The number of nitrogens with zero attached hydrogens (tertiary/aromatic N) is 4. The minimum atomic E-state index is 0.250. The van der Waals surface area contributed by atoms with E-state index in [0.717, 1.165) is 30.9 Å². The summed E-state index contributed by atoms with van der Waals surface area (Å²) >= 11 is 0. The number of aryl methyl sites for hydroxylation is 2. The van der Waals surface area contributed by atoms with E-state index in [1.54, 1.807) is 0 Å². The summed E-state index contributed by atoms with van der Waals surface area (Å²) in [6.45, 7) is 5.63. The monoisotopic (exact) mass is 193 g/mol. The number of nitrogens with two attached hydrogens (primary N) is 1. The normalized spacial score (nSPS) is 21.6. The first kappa shape index (κ1) is 9.33. The highest BCUT2D eigenvalue weighted by Crippen LogP contribution is 2.14. The average Bonchev–Trinajstić information content (AvgIpc) is 2.57. The molecule has 0 saturated carbocycles.